The predicted molar refractivity (Wildman–Crippen MR) is 81.3 cm³/mol. The van der Waals surface area contributed by atoms with Crippen molar-refractivity contribution in [2.24, 2.45) is 0 Å². The fourth-order valence-electron chi connectivity index (χ4n) is 2.95. The van der Waals surface area contributed by atoms with Crippen LogP contribution in [0.15, 0.2) is 0 Å². The molecule has 1 amide bonds. The first-order chi connectivity index (χ1) is 9.24. The summed E-state index contributed by atoms with van der Waals surface area (Å²) in [6, 6.07) is 0.587. The van der Waals surface area contributed by atoms with Crippen LogP contribution < -0.4 is 5.32 Å². The molecule has 1 unspecified atom stereocenters. The molecule has 0 saturated carbocycles. The molecule has 0 aromatic rings. The third-order valence-electron chi connectivity index (χ3n) is 4.13. The molecule has 0 spiro atoms. The van der Waals surface area contributed by atoms with Gasteiger partial charge in [-0.25, -0.2) is 0 Å². The zero-order valence-electron chi connectivity index (χ0n) is 12.9. The molecule has 3 heteroatoms. The highest BCUT2D eigenvalue weighted by atomic mass is 16.1. The Hall–Kier alpha value is -0.570. The van der Waals surface area contributed by atoms with E-state index in [0.29, 0.717) is 6.04 Å². The fraction of sp³-hybridized carbons (Fsp3) is 0.938. The number of nitrogens with zero attached hydrogens (tertiary/aromatic N) is 1. The van der Waals surface area contributed by atoms with Crippen LogP contribution in [-0.2, 0) is 4.79 Å². The third kappa shape index (κ3) is 7.56. The first kappa shape index (κ1) is 16.5. The molecule has 112 valence electrons. The van der Waals surface area contributed by atoms with Gasteiger partial charge in [0.2, 0.25) is 5.91 Å². The van der Waals surface area contributed by atoms with Gasteiger partial charge in [-0.2, -0.15) is 0 Å². The zero-order chi connectivity index (χ0) is 13.9. The van der Waals surface area contributed by atoms with Crippen molar-refractivity contribution in [1.82, 2.24) is 10.2 Å². The van der Waals surface area contributed by atoms with Gasteiger partial charge in [0, 0.05) is 19.5 Å². The largest absolute Gasteiger partial charge is 0.355 e. The monoisotopic (exact) mass is 268 g/mol. The van der Waals surface area contributed by atoms with Crippen LogP contribution in [0.1, 0.15) is 71.6 Å². The van der Waals surface area contributed by atoms with Gasteiger partial charge in [0.05, 0.1) is 0 Å². The minimum absolute atomic E-state index is 0.0998. The molecule has 0 aromatic carbocycles. The van der Waals surface area contributed by atoms with Crippen molar-refractivity contribution in [3.05, 3.63) is 0 Å². The number of carbonyl (C=O) groups is 1. The second-order valence-corrected chi connectivity index (χ2v) is 5.89. The van der Waals surface area contributed by atoms with Gasteiger partial charge in [-0.1, -0.05) is 45.4 Å². The Morgan fingerprint density at radius 1 is 1.16 bits per heavy atom. The number of hydrogen-bond acceptors (Lipinski definition) is 2. The van der Waals surface area contributed by atoms with E-state index in [0.717, 1.165) is 6.54 Å². The van der Waals surface area contributed by atoms with Crippen molar-refractivity contribution in [3.8, 4) is 0 Å². The fourth-order valence-corrected chi connectivity index (χ4v) is 2.95. The van der Waals surface area contributed by atoms with Crippen LogP contribution >= 0.6 is 0 Å². The van der Waals surface area contributed by atoms with Crippen LogP contribution in [0, 0.1) is 0 Å². The highest BCUT2D eigenvalue weighted by molar-refractivity contribution is 5.72. The lowest BCUT2D eigenvalue weighted by Crippen LogP contribution is -2.39. The summed E-state index contributed by atoms with van der Waals surface area (Å²) in [6.07, 6.45) is 12.2. The van der Waals surface area contributed by atoms with E-state index in [1.165, 1.54) is 70.9 Å². The van der Waals surface area contributed by atoms with Gasteiger partial charge in [0.1, 0.15) is 0 Å². The topological polar surface area (TPSA) is 32.3 Å². The lowest BCUT2D eigenvalue weighted by atomic mass is 10.1. The number of carbonyl (C=O) groups excluding carboxylic acids is 1. The maximum absolute atomic E-state index is 11.0. The Bertz CT molecular complexity index is 243. The van der Waals surface area contributed by atoms with Gasteiger partial charge in [-0.05, 0) is 32.4 Å². The average molecular weight is 268 g/mol. The molecule has 1 fully saturated rings. The summed E-state index contributed by atoms with van der Waals surface area (Å²) in [4.78, 5) is 13.5. The molecule has 0 radical (unpaired) electrons. The first-order valence-electron chi connectivity index (χ1n) is 8.22. The van der Waals surface area contributed by atoms with Gasteiger partial charge >= 0.3 is 0 Å². The number of rotatable bonds is 10. The van der Waals surface area contributed by atoms with E-state index in [1.807, 2.05) is 0 Å². The Kier molecular flexibility index (Phi) is 8.89. The molecule has 0 bridgehead atoms. The molecule has 1 heterocycles. The molecule has 0 aliphatic carbocycles. The number of likely N-dealkylation sites (tertiary alicyclic amines) is 1. The molecular formula is C16H32N2O. The van der Waals surface area contributed by atoms with E-state index >= 15 is 0 Å². The summed E-state index contributed by atoms with van der Waals surface area (Å²) in [7, 11) is 0. The third-order valence-corrected chi connectivity index (χ3v) is 4.13. The van der Waals surface area contributed by atoms with Crippen LogP contribution in [0.4, 0.5) is 0 Å². The summed E-state index contributed by atoms with van der Waals surface area (Å²) in [5, 5.41) is 2.96. The van der Waals surface area contributed by atoms with Gasteiger partial charge in [-0.15, -0.1) is 0 Å². The van der Waals surface area contributed by atoms with Crippen molar-refractivity contribution in [3.63, 3.8) is 0 Å². The number of hydrogen-bond donors (Lipinski definition) is 1. The molecule has 1 atom stereocenters. The maximum atomic E-state index is 11.0. The van der Waals surface area contributed by atoms with Crippen molar-refractivity contribution in [1.29, 1.82) is 0 Å². The predicted octanol–water partition coefficient (Wildman–Crippen LogP) is 3.34. The van der Waals surface area contributed by atoms with E-state index in [-0.39, 0.29) is 5.91 Å². The number of amides is 1. The number of nitrogens with one attached hydrogen (secondary N) is 1. The Morgan fingerprint density at radius 3 is 2.53 bits per heavy atom. The van der Waals surface area contributed by atoms with Crippen molar-refractivity contribution in [2.45, 2.75) is 77.7 Å². The quantitative estimate of drug-likeness (QED) is 0.616. The van der Waals surface area contributed by atoms with Crippen LogP contribution in [0.3, 0.4) is 0 Å². The van der Waals surface area contributed by atoms with E-state index in [1.54, 1.807) is 6.92 Å². The smallest absolute Gasteiger partial charge is 0.216 e. The van der Waals surface area contributed by atoms with E-state index in [4.69, 9.17) is 0 Å². The SMILES string of the molecule is CCCCCCCCCN1CCCC1CNC(C)=O. The van der Waals surface area contributed by atoms with Crippen LogP contribution in [0.25, 0.3) is 0 Å². The average Bonchev–Trinajstić information content (AvgIpc) is 2.83. The molecule has 1 rings (SSSR count). The van der Waals surface area contributed by atoms with Crippen molar-refractivity contribution < 1.29 is 4.79 Å². The number of unbranched alkanes of at least 4 members (excludes halogenated alkanes) is 6. The highest BCUT2D eigenvalue weighted by Crippen LogP contribution is 2.17. The highest BCUT2D eigenvalue weighted by Gasteiger charge is 2.23. The van der Waals surface area contributed by atoms with E-state index in [9.17, 15) is 4.79 Å². The Labute approximate surface area is 119 Å². The van der Waals surface area contributed by atoms with Gasteiger partial charge in [0.15, 0.2) is 0 Å². The summed E-state index contributed by atoms with van der Waals surface area (Å²) in [5.74, 6) is 0.0998. The zero-order valence-corrected chi connectivity index (χ0v) is 12.9. The van der Waals surface area contributed by atoms with Crippen LogP contribution in [0.2, 0.25) is 0 Å². The maximum Gasteiger partial charge on any atom is 0.216 e. The van der Waals surface area contributed by atoms with Crippen molar-refractivity contribution >= 4 is 5.91 Å². The van der Waals surface area contributed by atoms with E-state index < -0.39 is 0 Å². The summed E-state index contributed by atoms with van der Waals surface area (Å²) >= 11 is 0. The van der Waals surface area contributed by atoms with Crippen LogP contribution in [0.5, 0.6) is 0 Å². The lowest BCUT2D eigenvalue weighted by Gasteiger charge is -2.24. The first-order valence-corrected chi connectivity index (χ1v) is 8.22. The summed E-state index contributed by atoms with van der Waals surface area (Å²) in [5.41, 5.74) is 0. The molecule has 1 N–H and O–H groups in total. The molecule has 19 heavy (non-hydrogen) atoms. The van der Waals surface area contributed by atoms with Crippen LogP contribution in [-0.4, -0.2) is 36.5 Å². The summed E-state index contributed by atoms with van der Waals surface area (Å²) < 4.78 is 0. The second-order valence-electron chi connectivity index (χ2n) is 5.89. The molecule has 1 aliphatic heterocycles. The minimum atomic E-state index is 0.0998. The molecular weight excluding hydrogens is 236 g/mol. The molecule has 3 nitrogen and oxygen atoms in total. The van der Waals surface area contributed by atoms with Crippen molar-refractivity contribution in [2.75, 3.05) is 19.6 Å². The lowest BCUT2D eigenvalue weighted by molar-refractivity contribution is -0.119. The standard InChI is InChI=1S/C16H32N2O/c1-3-4-5-6-7-8-9-12-18-13-10-11-16(18)14-17-15(2)19/h16H,3-14H2,1-2H3,(H,17,19). The van der Waals surface area contributed by atoms with Gasteiger partial charge < -0.3 is 5.32 Å². The normalized spacial score (nSPS) is 19.8. The Morgan fingerprint density at radius 2 is 1.84 bits per heavy atom. The Balaban J connectivity index is 2.02. The minimum Gasteiger partial charge on any atom is -0.355 e. The molecule has 1 saturated heterocycles. The van der Waals surface area contributed by atoms with Gasteiger partial charge in [0.25, 0.3) is 0 Å². The second kappa shape index (κ2) is 10.2. The molecule has 1 aliphatic rings. The van der Waals surface area contributed by atoms with E-state index in [2.05, 4.69) is 17.1 Å². The van der Waals surface area contributed by atoms with Gasteiger partial charge in [-0.3, -0.25) is 9.69 Å². The summed E-state index contributed by atoms with van der Waals surface area (Å²) in [6.45, 7) is 7.15. The molecule has 0 aromatic heterocycles.